The minimum Gasteiger partial charge on any atom is -0.381 e. The molecule has 2 saturated heterocycles. The zero-order valence-corrected chi connectivity index (χ0v) is 21.3. The summed E-state index contributed by atoms with van der Waals surface area (Å²) in [7, 11) is 1.80. The van der Waals surface area contributed by atoms with E-state index in [-0.39, 0.29) is 36.3 Å². The fourth-order valence-corrected chi connectivity index (χ4v) is 6.16. The molecule has 0 aromatic rings. The van der Waals surface area contributed by atoms with E-state index in [0.29, 0.717) is 30.9 Å². The standard InChI is InChI=1S/C25H46N6O4/c1-34-18-13-11-17(12-14-18)23-28-22(35-31-23)10-6-9-21(32)26-15-4-5-16-27-24-19-7-2-3-8-20(19)25(33)30-29-24/h17-20,22-24,27-29,31H,2-16H2,1H3,(H,26,32)(H,30,33). The number of hydrogen-bond donors (Lipinski definition) is 6. The molecule has 35 heavy (non-hydrogen) atoms. The zero-order valence-electron chi connectivity index (χ0n) is 21.3. The molecule has 0 radical (unpaired) electrons. The van der Waals surface area contributed by atoms with Crippen LogP contribution in [0.15, 0.2) is 0 Å². The number of amides is 2. The summed E-state index contributed by atoms with van der Waals surface area (Å²) in [5.74, 6) is 1.35. The van der Waals surface area contributed by atoms with Gasteiger partial charge in [-0.2, -0.15) is 5.48 Å². The number of methoxy groups -OCH3 is 1. The molecule has 0 aromatic heterocycles. The van der Waals surface area contributed by atoms with Gasteiger partial charge in [0.25, 0.3) is 0 Å². The average Bonchev–Trinajstić information content (AvgIpc) is 3.36. The normalized spacial score (nSPS) is 35.3. The lowest BCUT2D eigenvalue weighted by atomic mass is 9.76. The van der Waals surface area contributed by atoms with Gasteiger partial charge in [0.1, 0.15) is 6.23 Å². The number of unbranched alkanes of at least 4 members (excludes halogenated alkanes) is 1. The van der Waals surface area contributed by atoms with E-state index in [1.54, 1.807) is 7.11 Å². The Morgan fingerprint density at radius 3 is 2.69 bits per heavy atom. The van der Waals surface area contributed by atoms with Crippen molar-refractivity contribution in [2.75, 3.05) is 20.2 Å². The highest BCUT2D eigenvalue weighted by atomic mass is 16.7. The highest BCUT2D eigenvalue weighted by molar-refractivity contribution is 5.79. The number of rotatable bonds is 12. The third kappa shape index (κ3) is 7.84. The quantitative estimate of drug-likeness (QED) is 0.225. The van der Waals surface area contributed by atoms with Gasteiger partial charge in [-0.1, -0.05) is 12.8 Å². The van der Waals surface area contributed by atoms with Crippen LogP contribution in [0.5, 0.6) is 0 Å². The van der Waals surface area contributed by atoms with Crippen molar-refractivity contribution in [3.63, 3.8) is 0 Å². The first kappa shape index (κ1) is 26.8. The van der Waals surface area contributed by atoms with Gasteiger partial charge in [0.15, 0.2) is 0 Å². The van der Waals surface area contributed by atoms with E-state index < -0.39 is 0 Å². The Hall–Kier alpha value is -1.30. The molecule has 10 nitrogen and oxygen atoms in total. The van der Waals surface area contributed by atoms with Gasteiger partial charge in [0.05, 0.1) is 18.4 Å². The SMILES string of the molecule is COC1CCC(C2NOC(CCCC(=O)NCCCCNC3NNC(=O)C4CCCCC34)N2)CC1. The number of hydroxylamine groups is 1. The molecule has 2 amide bonds. The van der Waals surface area contributed by atoms with Crippen molar-refractivity contribution in [2.24, 2.45) is 17.8 Å². The number of ether oxygens (including phenoxy) is 1. The first-order valence-electron chi connectivity index (χ1n) is 13.9. The predicted molar refractivity (Wildman–Crippen MR) is 132 cm³/mol. The molecule has 0 aromatic carbocycles. The molecule has 6 N–H and O–H groups in total. The molecular formula is C25H46N6O4. The summed E-state index contributed by atoms with van der Waals surface area (Å²) in [5.41, 5.74) is 9.13. The molecule has 4 aliphatic rings. The van der Waals surface area contributed by atoms with E-state index in [4.69, 9.17) is 9.57 Å². The van der Waals surface area contributed by atoms with Crippen LogP contribution in [0, 0.1) is 17.8 Å². The largest absolute Gasteiger partial charge is 0.381 e. The Kier molecular flexibility index (Phi) is 10.6. The smallest absolute Gasteiger partial charge is 0.237 e. The van der Waals surface area contributed by atoms with Crippen molar-refractivity contribution in [1.82, 2.24) is 32.3 Å². The van der Waals surface area contributed by atoms with E-state index in [2.05, 4.69) is 32.3 Å². The van der Waals surface area contributed by atoms with Crippen LogP contribution < -0.4 is 32.3 Å². The molecule has 2 heterocycles. The highest BCUT2D eigenvalue weighted by Crippen LogP contribution is 2.33. The lowest BCUT2D eigenvalue weighted by molar-refractivity contribution is -0.134. The topological polar surface area (TPSA) is 125 Å². The van der Waals surface area contributed by atoms with Crippen LogP contribution in [-0.4, -0.2) is 56.7 Å². The van der Waals surface area contributed by atoms with E-state index in [1.807, 2.05) is 0 Å². The van der Waals surface area contributed by atoms with Crippen LogP contribution in [0.1, 0.15) is 83.5 Å². The summed E-state index contributed by atoms with van der Waals surface area (Å²) in [6, 6.07) is 0. The minimum absolute atomic E-state index is 0.0269. The molecule has 5 unspecified atom stereocenters. The third-order valence-corrected chi connectivity index (χ3v) is 8.32. The summed E-state index contributed by atoms with van der Waals surface area (Å²) in [6.07, 6.45) is 13.8. The van der Waals surface area contributed by atoms with Gasteiger partial charge in [-0.25, -0.2) is 5.43 Å². The summed E-state index contributed by atoms with van der Waals surface area (Å²) in [5, 5.41) is 10.1. The average molecular weight is 495 g/mol. The van der Waals surface area contributed by atoms with Gasteiger partial charge in [-0.05, 0) is 76.7 Å². The number of hydrogen-bond acceptors (Lipinski definition) is 8. The number of carbonyl (C=O) groups is 2. The summed E-state index contributed by atoms with van der Waals surface area (Å²) in [6.45, 7) is 1.58. The monoisotopic (exact) mass is 494 g/mol. The lowest BCUT2D eigenvalue weighted by Crippen LogP contribution is -2.64. The van der Waals surface area contributed by atoms with Crippen LogP contribution in [-0.2, 0) is 19.2 Å². The maximum absolute atomic E-state index is 12.2. The van der Waals surface area contributed by atoms with Gasteiger partial charge in [0.2, 0.25) is 11.8 Å². The molecule has 2 aliphatic heterocycles. The zero-order chi connectivity index (χ0) is 24.5. The molecule has 10 heteroatoms. The third-order valence-electron chi connectivity index (χ3n) is 8.32. The number of nitrogens with one attached hydrogen (secondary N) is 6. The maximum atomic E-state index is 12.2. The van der Waals surface area contributed by atoms with E-state index >= 15 is 0 Å². The van der Waals surface area contributed by atoms with Gasteiger partial charge in [0, 0.05) is 31.9 Å². The number of fused-ring (bicyclic) bond motifs is 1. The minimum atomic E-state index is -0.0269. The van der Waals surface area contributed by atoms with E-state index in [1.165, 1.54) is 6.42 Å². The van der Waals surface area contributed by atoms with Gasteiger partial charge in [-0.15, -0.1) is 0 Å². The van der Waals surface area contributed by atoms with E-state index in [0.717, 1.165) is 77.2 Å². The Labute approximate surface area is 209 Å². The maximum Gasteiger partial charge on any atom is 0.237 e. The first-order chi connectivity index (χ1) is 17.1. The lowest BCUT2D eigenvalue weighted by Gasteiger charge is -2.41. The Balaban J connectivity index is 0.995. The van der Waals surface area contributed by atoms with E-state index in [9.17, 15) is 9.59 Å². The molecule has 0 bridgehead atoms. The molecule has 2 saturated carbocycles. The molecule has 200 valence electrons. The van der Waals surface area contributed by atoms with Crippen molar-refractivity contribution in [3.05, 3.63) is 0 Å². The Bertz CT molecular complexity index is 674. The highest BCUT2D eigenvalue weighted by Gasteiger charge is 2.39. The van der Waals surface area contributed by atoms with Crippen LogP contribution in [0.2, 0.25) is 0 Å². The summed E-state index contributed by atoms with van der Waals surface area (Å²) >= 11 is 0. The van der Waals surface area contributed by atoms with Crippen molar-refractivity contribution in [1.29, 1.82) is 0 Å². The number of carbonyl (C=O) groups excluding carboxylic acids is 2. The van der Waals surface area contributed by atoms with Gasteiger partial charge >= 0.3 is 0 Å². The van der Waals surface area contributed by atoms with Crippen LogP contribution in [0.3, 0.4) is 0 Å². The van der Waals surface area contributed by atoms with Gasteiger partial charge in [-0.3, -0.25) is 25.2 Å². The second-order valence-corrected chi connectivity index (χ2v) is 10.7. The summed E-state index contributed by atoms with van der Waals surface area (Å²) < 4.78 is 5.46. The second kappa shape index (κ2) is 13.9. The van der Waals surface area contributed by atoms with Crippen molar-refractivity contribution >= 4 is 11.8 Å². The molecule has 4 fully saturated rings. The first-order valence-corrected chi connectivity index (χ1v) is 13.9. The van der Waals surface area contributed by atoms with Crippen molar-refractivity contribution in [3.8, 4) is 0 Å². The molecule has 5 atom stereocenters. The second-order valence-electron chi connectivity index (χ2n) is 10.7. The van der Waals surface area contributed by atoms with Crippen LogP contribution >= 0.6 is 0 Å². The molecule has 4 rings (SSSR count). The predicted octanol–water partition coefficient (Wildman–Crippen LogP) is 1.39. The van der Waals surface area contributed by atoms with Crippen LogP contribution in [0.4, 0.5) is 0 Å². The Morgan fingerprint density at radius 2 is 1.86 bits per heavy atom. The molecule has 0 spiro atoms. The fourth-order valence-electron chi connectivity index (χ4n) is 6.16. The summed E-state index contributed by atoms with van der Waals surface area (Å²) in [4.78, 5) is 29.9. The van der Waals surface area contributed by atoms with Gasteiger partial charge < -0.3 is 15.4 Å². The van der Waals surface area contributed by atoms with Crippen molar-refractivity contribution < 1.29 is 19.2 Å². The van der Waals surface area contributed by atoms with Crippen molar-refractivity contribution in [2.45, 2.75) is 108 Å². The molecular weight excluding hydrogens is 448 g/mol. The fraction of sp³-hybridized carbons (Fsp3) is 0.920. The Morgan fingerprint density at radius 1 is 1.06 bits per heavy atom. The number of hydrazine groups is 1. The molecule has 2 aliphatic carbocycles. The van der Waals surface area contributed by atoms with Crippen LogP contribution in [0.25, 0.3) is 0 Å².